The molecule has 0 saturated heterocycles. The molecule has 2 heterocycles. The van der Waals surface area contributed by atoms with E-state index in [0.717, 1.165) is 65.2 Å². The normalized spacial score (nSPS) is 13.6. The lowest BCUT2D eigenvalue weighted by atomic mass is 9.88. The average molecular weight is 879 g/mol. The number of hydrogen-bond acceptors (Lipinski definition) is 10. The number of aromatic nitrogens is 4. The lowest BCUT2D eigenvalue weighted by Gasteiger charge is -2.27. The molecule has 2 aliphatic rings. The van der Waals surface area contributed by atoms with E-state index in [0.29, 0.717) is 5.56 Å². The van der Waals surface area contributed by atoms with E-state index in [-0.39, 0.29) is 33.6 Å². The Hall–Kier alpha value is -4.28. The molecule has 3 aromatic carbocycles. The van der Waals surface area contributed by atoms with Crippen LogP contribution in [0.25, 0.3) is 11.4 Å². The number of carbonyl (C=O) groups excluding carboxylic acids is 1. The van der Waals surface area contributed by atoms with Crippen molar-refractivity contribution in [1.82, 2.24) is 19.1 Å². The largest absolute Gasteiger partial charge is 0.481 e. The first kappa shape index (κ1) is 44.3. The fourth-order valence-corrected chi connectivity index (χ4v) is 10.4. The summed E-state index contributed by atoms with van der Waals surface area (Å²) in [5, 5.41) is 15.9. The van der Waals surface area contributed by atoms with Crippen LogP contribution in [0.1, 0.15) is 64.9 Å². The van der Waals surface area contributed by atoms with E-state index >= 15 is 0 Å². The number of Topliss-reactive ketones (excluding diaryl/α,β-unsaturated/α-hetero) is 1. The van der Waals surface area contributed by atoms with Gasteiger partial charge in [-0.2, -0.15) is 0 Å². The second kappa shape index (κ2) is 19.0. The summed E-state index contributed by atoms with van der Waals surface area (Å²) in [7, 11) is 4.48. The second-order valence-corrected chi connectivity index (χ2v) is 19.2. The van der Waals surface area contributed by atoms with Crippen molar-refractivity contribution in [3.63, 3.8) is 0 Å². The number of fused-ring (bicyclic) bond motifs is 2. The third kappa shape index (κ3) is 10.2. The highest BCUT2D eigenvalue weighted by Gasteiger charge is 2.24. The van der Waals surface area contributed by atoms with E-state index in [1.807, 2.05) is 26.2 Å². The molecular formula is C43H52ClN7O5S3. The summed E-state index contributed by atoms with van der Waals surface area (Å²) >= 11 is 8.88. The smallest absolute Gasteiger partial charge is 0.313 e. The van der Waals surface area contributed by atoms with Crippen molar-refractivity contribution in [1.29, 1.82) is 0 Å². The number of anilines is 2. The van der Waals surface area contributed by atoms with Crippen LogP contribution < -0.4 is 14.9 Å². The minimum Gasteiger partial charge on any atom is -0.481 e. The number of imidazole rings is 2. The van der Waals surface area contributed by atoms with Crippen LogP contribution in [0, 0.1) is 13.8 Å². The van der Waals surface area contributed by atoms with E-state index < -0.39 is 16.0 Å². The van der Waals surface area contributed by atoms with Gasteiger partial charge in [-0.25, -0.2) is 23.5 Å². The number of benzene rings is 3. The molecule has 314 valence electrons. The van der Waals surface area contributed by atoms with Gasteiger partial charge in [-0.05, 0) is 129 Å². The van der Waals surface area contributed by atoms with Crippen LogP contribution in [-0.4, -0.2) is 84.1 Å². The Kier molecular flexibility index (Phi) is 14.2. The number of aryl methyl sites for hydroxylation is 2. The zero-order chi connectivity index (χ0) is 42.6. The summed E-state index contributed by atoms with van der Waals surface area (Å²) in [6.45, 7) is 4.05. The van der Waals surface area contributed by atoms with E-state index in [4.69, 9.17) is 21.8 Å². The summed E-state index contributed by atoms with van der Waals surface area (Å²) < 4.78 is 27.3. The number of rotatable bonds is 13. The van der Waals surface area contributed by atoms with Crippen molar-refractivity contribution in [2.75, 3.05) is 49.5 Å². The topological polar surface area (TPSA) is 157 Å². The Morgan fingerprint density at radius 3 is 1.63 bits per heavy atom. The van der Waals surface area contributed by atoms with Gasteiger partial charge in [0, 0.05) is 74.8 Å². The van der Waals surface area contributed by atoms with Crippen molar-refractivity contribution in [3.8, 4) is 11.4 Å². The lowest BCUT2D eigenvalue weighted by molar-refractivity contribution is -0.133. The molecule has 0 saturated carbocycles. The van der Waals surface area contributed by atoms with E-state index in [1.54, 1.807) is 0 Å². The number of carbonyl (C=O) groups is 2. The molecule has 12 nitrogen and oxygen atoms in total. The number of ketones is 1. The molecule has 16 heteroatoms. The summed E-state index contributed by atoms with van der Waals surface area (Å²) in [5.41, 5.74) is 13.0. The van der Waals surface area contributed by atoms with E-state index in [2.05, 4.69) is 81.4 Å². The number of carboxylic acids is 1. The number of thioether (sulfide) groups is 2. The maximum absolute atomic E-state index is 12.8. The fraction of sp³-hybridized carbons (Fsp3) is 0.395. The summed E-state index contributed by atoms with van der Waals surface area (Å²) in [4.78, 5) is 37.0. The summed E-state index contributed by atoms with van der Waals surface area (Å²) in [5.74, 6) is -0.606. The van der Waals surface area contributed by atoms with Crippen molar-refractivity contribution in [2.24, 2.45) is 5.14 Å². The molecule has 7 rings (SSSR count). The van der Waals surface area contributed by atoms with Crippen LogP contribution in [0.2, 0.25) is 5.02 Å². The van der Waals surface area contributed by atoms with Crippen molar-refractivity contribution < 1.29 is 23.1 Å². The van der Waals surface area contributed by atoms with Crippen LogP contribution >= 0.6 is 35.1 Å². The highest BCUT2D eigenvalue weighted by atomic mass is 35.5. The summed E-state index contributed by atoms with van der Waals surface area (Å²) in [6, 6.07) is 12.8. The van der Waals surface area contributed by atoms with Crippen LogP contribution in [0.5, 0.6) is 0 Å². The minimum absolute atomic E-state index is 0.0222. The van der Waals surface area contributed by atoms with Gasteiger partial charge < -0.3 is 14.9 Å². The van der Waals surface area contributed by atoms with Crippen LogP contribution in [-0.2, 0) is 51.7 Å². The molecule has 0 aliphatic heterocycles. The highest BCUT2D eigenvalue weighted by molar-refractivity contribution is 8.00. The molecule has 0 radical (unpaired) electrons. The molecule has 0 bridgehead atoms. The number of hydrogen-bond donors (Lipinski definition) is 2. The predicted octanol–water partition coefficient (Wildman–Crippen LogP) is 7.63. The molecule has 59 heavy (non-hydrogen) atoms. The van der Waals surface area contributed by atoms with Crippen molar-refractivity contribution >= 4 is 68.3 Å². The molecule has 3 N–H and O–H groups in total. The Balaban J connectivity index is 0.000000213. The molecule has 0 fully saturated rings. The van der Waals surface area contributed by atoms with Gasteiger partial charge in [0.1, 0.15) is 5.78 Å². The Morgan fingerprint density at radius 2 is 1.20 bits per heavy atom. The standard InChI is InChI=1S/C25H29ClN4O3S2.C18H23N3O2S/c1-16-14-28-25(30(16)24-11-10-23(29(2)3)20-6-4-5-7-21(20)24)34-15-18(31)12-17-8-9-19(13-22(17)26)35(27,32)33;1-12-10-19-18(24-11-17(22)23)21(12)16-9-8-15(20(2)3)13-6-4-5-7-14(13)16/h8-11,13-14H,4-7,12,15H2,1-3H3,(H2,27,32,33);8-10H,4-7,11H2,1-3H3,(H,22,23). The van der Waals surface area contributed by atoms with E-state index in [9.17, 15) is 18.0 Å². The SMILES string of the molecule is Cc1cnc(SCC(=O)Cc2ccc(S(N)(=O)=O)cc2Cl)n1-c1ccc(N(C)C)c2c1CCCC2.Cc1cnc(SCC(=O)O)n1-c1ccc(N(C)C)c2c1CCCC2. The number of sulfonamides is 1. The molecule has 0 spiro atoms. The average Bonchev–Trinajstić information content (AvgIpc) is 3.76. The summed E-state index contributed by atoms with van der Waals surface area (Å²) in [6.07, 6.45) is 12.8. The molecule has 0 atom stereocenters. The monoisotopic (exact) mass is 877 g/mol. The number of carboxylic acid groups (broad SMARTS) is 1. The number of nitrogens with zero attached hydrogens (tertiary/aromatic N) is 6. The van der Waals surface area contributed by atoms with Gasteiger partial charge in [-0.1, -0.05) is 41.2 Å². The van der Waals surface area contributed by atoms with Gasteiger partial charge in [0.05, 0.1) is 27.8 Å². The first-order valence-corrected chi connectivity index (χ1v) is 23.5. The maximum atomic E-state index is 12.8. The maximum Gasteiger partial charge on any atom is 0.313 e. The second-order valence-electron chi connectivity index (χ2n) is 15.3. The number of halogens is 1. The predicted molar refractivity (Wildman–Crippen MR) is 239 cm³/mol. The van der Waals surface area contributed by atoms with Crippen molar-refractivity contribution in [2.45, 2.75) is 86.8 Å². The molecule has 2 aromatic heterocycles. The fourth-order valence-electron chi connectivity index (χ4n) is 7.92. The lowest BCUT2D eigenvalue weighted by Crippen LogP contribution is -2.17. The highest BCUT2D eigenvalue weighted by Crippen LogP contribution is 2.38. The van der Waals surface area contributed by atoms with Gasteiger partial charge in [-0.3, -0.25) is 18.7 Å². The van der Waals surface area contributed by atoms with Crippen LogP contribution in [0.15, 0.2) is 70.1 Å². The molecule has 0 amide bonds. The van der Waals surface area contributed by atoms with Crippen LogP contribution in [0.4, 0.5) is 11.4 Å². The van der Waals surface area contributed by atoms with Gasteiger partial charge in [0.2, 0.25) is 10.0 Å². The van der Waals surface area contributed by atoms with Gasteiger partial charge in [-0.15, -0.1) is 0 Å². The number of primary sulfonamides is 1. The zero-order valence-corrected chi connectivity index (χ0v) is 37.6. The molecule has 5 aromatic rings. The van der Waals surface area contributed by atoms with Gasteiger partial charge in [0.25, 0.3) is 0 Å². The third-order valence-electron chi connectivity index (χ3n) is 10.7. The number of nitrogens with two attached hydrogens (primary N) is 1. The van der Waals surface area contributed by atoms with Gasteiger partial charge in [0.15, 0.2) is 10.3 Å². The molecule has 0 unspecified atom stereocenters. The molecular weight excluding hydrogens is 826 g/mol. The Morgan fingerprint density at radius 1 is 0.746 bits per heavy atom. The quantitative estimate of drug-likeness (QED) is 0.112. The first-order valence-electron chi connectivity index (χ1n) is 19.6. The Bertz CT molecular complexity index is 2480. The Labute approximate surface area is 360 Å². The number of aliphatic carboxylic acids is 1. The minimum atomic E-state index is -3.85. The van der Waals surface area contributed by atoms with Crippen molar-refractivity contribution in [3.05, 3.63) is 99.1 Å². The van der Waals surface area contributed by atoms with E-state index in [1.165, 1.54) is 94.6 Å². The third-order valence-corrected chi connectivity index (χ3v) is 13.9. The van der Waals surface area contributed by atoms with Gasteiger partial charge >= 0.3 is 5.97 Å². The molecule has 2 aliphatic carbocycles. The zero-order valence-electron chi connectivity index (χ0n) is 34.4. The van der Waals surface area contributed by atoms with Crippen LogP contribution in [0.3, 0.4) is 0 Å². The first-order chi connectivity index (χ1) is 28.0.